The van der Waals surface area contributed by atoms with E-state index < -0.39 is 13.0 Å². The summed E-state index contributed by atoms with van der Waals surface area (Å²) >= 11 is 0. The molecule has 0 bridgehead atoms. The average Bonchev–Trinajstić information content (AvgIpc) is 2.34. The molecule has 0 saturated heterocycles. The maximum absolute atomic E-state index is 11.5. The molecule has 1 rings (SSSR count). The second-order valence-electron chi connectivity index (χ2n) is 1.62. The van der Waals surface area contributed by atoms with Crippen molar-refractivity contribution in [2.75, 3.05) is 6.61 Å². The molecule has 0 fully saturated rings. The highest BCUT2D eigenvalue weighted by molar-refractivity contribution is 5.03. The smallest absolute Gasteiger partial charge is 0.272 e. The van der Waals surface area contributed by atoms with E-state index in [1.54, 1.807) is 0 Å². The standard InChI is InChI=1S/C5H6F2N2O/c6-4(7)3-10-5-1-2-8-9-5/h1-2,4H,3H2,(H,8,9). The topological polar surface area (TPSA) is 37.9 Å². The van der Waals surface area contributed by atoms with Crippen LogP contribution < -0.4 is 4.74 Å². The van der Waals surface area contributed by atoms with Gasteiger partial charge in [0.15, 0.2) is 6.61 Å². The first kappa shape index (κ1) is 6.98. The van der Waals surface area contributed by atoms with Gasteiger partial charge in [-0.2, -0.15) is 5.10 Å². The second kappa shape index (κ2) is 3.14. The number of hydrogen-bond donors (Lipinski definition) is 1. The second-order valence-corrected chi connectivity index (χ2v) is 1.62. The summed E-state index contributed by atoms with van der Waals surface area (Å²) in [6.45, 7) is -0.595. The van der Waals surface area contributed by atoms with Crippen molar-refractivity contribution in [1.29, 1.82) is 0 Å². The fourth-order valence-corrected chi connectivity index (χ4v) is 0.476. The maximum Gasteiger partial charge on any atom is 0.272 e. The van der Waals surface area contributed by atoms with Gasteiger partial charge in [0, 0.05) is 6.07 Å². The van der Waals surface area contributed by atoms with Crippen LogP contribution in [0.2, 0.25) is 0 Å². The molecular formula is C5H6F2N2O. The normalized spacial score (nSPS) is 10.3. The van der Waals surface area contributed by atoms with Crippen molar-refractivity contribution in [3.05, 3.63) is 12.3 Å². The van der Waals surface area contributed by atoms with Gasteiger partial charge in [0.05, 0.1) is 6.20 Å². The van der Waals surface area contributed by atoms with Crippen LogP contribution in [0.3, 0.4) is 0 Å². The summed E-state index contributed by atoms with van der Waals surface area (Å²) in [6.07, 6.45) is -1.01. The van der Waals surface area contributed by atoms with Crippen LogP contribution in [-0.4, -0.2) is 23.2 Å². The lowest BCUT2D eigenvalue weighted by atomic mass is 10.7. The highest BCUT2D eigenvalue weighted by atomic mass is 19.3. The Kier molecular flexibility index (Phi) is 2.20. The van der Waals surface area contributed by atoms with E-state index >= 15 is 0 Å². The molecule has 3 nitrogen and oxygen atoms in total. The number of alkyl halides is 2. The van der Waals surface area contributed by atoms with Gasteiger partial charge in [-0.25, -0.2) is 13.9 Å². The third-order valence-electron chi connectivity index (χ3n) is 0.840. The number of nitrogens with zero attached hydrogens (tertiary/aromatic N) is 1. The van der Waals surface area contributed by atoms with Crippen LogP contribution in [0.1, 0.15) is 0 Å². The number of rotatable bonds is 3. The molecule has 10 heavy (non-hydrogen) atoms. The van der Waals surface area contributed by atoms with Crippen molar-refractivity contribution >= 4 is 0 Å². The number of H-pyrrole nitrogens is 1. The van der Waals surface area contributed by atoms with Crippen LogP contribution in [0.15, 0.2) is 12.3 Å². The summed E-state index contributed by atoms with van der Waals surface area (Å²) in [7, 11) is 0. The van der Waals surface area contributed by atoms with Gasteiger partial charge in [-0.3, -0.25) is 0 Å². The Morgan fingerprint density at radius 1 is 1.70 bits per heavy atom. The number of nitrogens with one attached hydrogen (secondary N) is 1. The molecule has 0 unspecified atom stereocenters. The zero-order valence-electron chi connectivity index (χ0n) is 5.05. The molecule has 0 radical (unpaired) electrons. The zero-order valence-corrected chi connectivity index (χ0v) is 5.05. The van der Waals surface area contributed by atoms with Crippen LogP contribution in [0.25, 0.3) is 0 Å². The Hall–Kier alpha value is -1.13. The van der Waals surface area contributed by atoms with Gasteiger partial charge in [-0.1, -0.05) is 0 Å². The van der Waals surface area contributed by atoms with Gasteiger partial charge < -0.3 is 4.74 Å². The highest BCUT2D eigenvalue weighted by Crippen LogP contribution is 2.03. The lowest BCUT2D eigenvalue weighted by Gasteiger charge is -1.99. The third kappa shape index (κ3) is 2.00. The van der Waals surface area contributed by atoms with Crippen LogP contribution >= 0.6 is 0 Å². The van der Waals surface area contributed by atoms with Gasteiger partial charge >= 0.3 is 0 Å². The average molecular weight is 148 g/mol. The van der Waals surface area contributed by atoms with Gasteiger partial charge in [0.25, 0.3) is 6.43 Å². The minimum absolute atomic E-state index is 0.264. The molecule has 1 heterocycles. The van der Waals surface area contributed by atoms with E-state index in [0.717, 1.165) is 0 Å². The van der Waals surface area contributed by atoms with Crippen molar-refractivity contribution in [1.82, 2.24) is 10.2 Å². The minimum atomic E-state index is -2.44. The molecule has 0 aliphatic heterocycles. The summed E-state index contributed by atoms with van der Waals surface area (Å²) in [5.41, 5.74) is 0. The molecule has 0 aliphatic carbocycles. The molecule has 0 saturated carbocycles. The van der Waals surface area contributed by atoms with Crippen molar-refractivity contribution in [2.45, 2.75) is 6.43 Å². The highest BCUT2D eigenvalue weighted by Gasteiger charge is 2.02. The number of aromatic amines is 1. The quantitative estimate of drug-likeness (QED) is 0.695. The van der Waals surface area contributed by atoms with Gasteiger partial charge in [0.2, 0.25) is 5.88 Å². The minimum Gasteiger partial charge on any atom is -0.472 e. The Morgan fingerprint density at radius 3 is 3.00 bits per heavy atom. The molecule has 0 aromatic carbocycles. The van der Waals surface area contributed by atoms with Crippen molar-refractivity contribution in [3.8, 4) is 5.88 Å². The van der Waals surface area contributed by atoms with E-state index in [1.165, 1.54) is 12.3 Å². The molecule has 1 aromatic rings. The van der Waals surface area contributed by atoms with E-state index in [1.807, 2.05) is 0 Å². The number of halogens is 2. The Bertz CT molecular complexity index is 176. The lowest BCUT2D eigenvalue weighted by Crippen LogP contribution is -2.06. The maximum atomic E-state index is 11.5. The Morgan fingerprint density at radius 2 is 2.50 bits per heavy atom. The first-order valence-corrected chi connectivity index (χ1v) is 2.69. The molecule has 5 heteroatoms. The first-order valence-electron chi connectivity index (χ1n) is 2.69. The molecular weight excluding hydrogens is 142 g/mol. The van der Waals surface area contributed by atoms with E-state index in [-0.39, 0.29) is 5.88 Å². The van der Waals surface area contributed by atoms with Gasteiger partial charge in [-0.05, 0) is 0 Å². The molecule has 56 valence electrons. The largest absolute Gasteiger partial charge is 0.472 e. The van der Waals surface area contributed by atoms with E-state index in [9.17, 15) is 8.78 Å². The molecule has 1 aromatic heterocycles. The van der Waals surface area contributed by atoms with E-state index in [2.05, 4.69) is 14.9 Å². The van der Waals surface area contributed by atoms with E-state index in [0.29, 0.717) is 0 Å². The van der Waals surface area contributed by atoms with Crippen LogP contribution in [0.5, 0.6) is 5.88 Å². The predicted molar refractivity (Wildman–Crippen MR) is 30.1 cm³/mol. The van der Waals surface area contributed by atoms with Crippen LogP contribution in [0, 0.1) is 0 Å². The third-order valence-corrected chi connectivity index (χ3v) is 0.840. The SMILES string of the molecule is FC(F)COc1ccn[nH]1. The summed E-state index contributed by atoms with van der Waals surface area (Å²) in [6, 6.07) is 1.47. The molecule has 0 aliphatic rings. The lowest BCUT2D eigenvalue weighted by molar-refractivity contribution is 0.0795. The van der Waals surface area contributed by atoms with E-state index in [4.69, 9.17) is 0 Å². The number of hydrogen-bond acceptors (Lipinski definition) is 2. The van der Waals surface area contributed by atoms with Crippen LogP contribution in [0.4, 0.5) is 8.78 Å². The molecule has 1 N–H and O–H groups in total. The first-order chi connectivity index (χ1) is 4.79. The summed E-state index contributed by atoms with van der Waals surface area (Å²) in [4.78, 5) is 0. The van der Waals surface area contributed by atoms with Gasteiger partial charge in [0.1, 0.15) is 0 Å². The van der Waals surface area contributed by atoms with Crippen LogP contribution in [-0.2, 0) is 0 Å². The fraction of sp³-hybridized carbons (Fsp3) is 0.400. The molecule has 0 spiro atoms. The Balaban J connectivity index is 2.28. The number of ether oxygens (including phenoxy) is 1. The predicted octanol–water partition coefficient (Wildman–Crippen LogP) is 1.05. The monoisotopic (exact) mass is 148 g/mol. The Labute approximate surface area is 56.0 Å². The summed E-state index contributed by atoms with van der Waals surface area (Å²) in [5.74, 6) is 0.264. The van der Waals surface area contributed by atoms with Crippen molar-refractivity contribution < 1.29 is 13.5 Å². The van der Waals surface area contributed by atoms with Gasteiger partial charge in [-0.15, -0.1) is 0 Å². The zero-order chi connectivity index (χ0) is 7.40. The fourth-order valence-electron chi connectivity index (χ4n) is 0.476. The molecule has 0 atom stereocenters. The van der Waals surface area contributed by atoms with Crippen molar-refractivity contribution in [2.24, 2.45) is 0 Å². The summed E-state index contributed by atoms with van der Waals surface area (Å²) < 4.78 is 27.5. The summed E-state index contributed by atoms with van der Waals surface area (Å²) in [5, 5.41) is 5.89. The number of aromatic nitrogens is 2. The molecule has 0 amide bonds. The van der Waals surface area contributed by atoms with Crippen molar-refractivity contribution in [3.63, 3.8) is 0 Å².